The van der Waals surface area contributed by atoms with E-state index in [2.05, 4.69) is 10.1 Å². The van der Waals surface area contributed by atoms with Crippen molar-refractivity contribution in [2.24, 2.45) is 0 Å². The Bertz CT molecular complexity index is 802. The third-order valence-electron chi connectivity index (χ3n) is 3.65. The van der Waals surface area contributed by atoms with Crippen molar-refractivity contribution in [2.45, 2.75) is 6.92 Å². The predicted molar refractivity (Wildman–Crippen MR) is 97.4 cm³/mol. The van der Waals surface area contributed by atoms with Gasteiger partial charge in [0.2, 0.25) is 11.8 Å². The normalized spacial score (nSPS) is 9.96. The number of ether oxygens (including phenoxy) is 2. The van der Waals surface area contributed by atoms with Gasteiger partial charge < -0.3 is 14.8 Å². The van der Waals surface area contributed by atoms with Crippen LogP contribution in [0.25, 0.3) is 0 Å². The molecule has 0 aliphatic rings. The molecule has 0 saturated carbocycles. The molecule has 0 unspecified atom stereocenters. The van der Waals surface area contributed by atoms with Gasteiger partial charge in [-0.15, -0.1) is 0 Å². The first-order chi connectivity index (χ1) is 12.5. The number of hydrogen-bond donors (Lipinski definition) is 1. The second kappa shape index (κ2) is 8.66. The number of nitrogens with zero attached hydrogens (tertiary/aromatic N) is 1. The second-order valence-electron chi connectivity index (χ2n) is 5.39. The van der Waals surface area contributed by atoms with E-state index in [-0.39, 0.29) is 18.4 Å². The quantitative estimate of drug-likeness (QED) is 0.804. The Morgan fingerprint density at radius 2 is 1.65 bits per heavy atom. The summed E-state index contributed by atoms with van der Waals surface area (Å²) >= 11 is 0. The molecule has 0 aliphatic carbocycles. The zero-order valence-corrected chi connectivity index (χ0v) is 14.8. The summed E-state index contributed by atoms with van der Waals surface area (Å²) in [7, 11) is 2.80. The lowest BCUT2D eigenvalue weighted by molar-refractivity contribution is -0.120. The Balaban J connectivity index is 2.11. The fourth-order valence-electron chi connectivity index (χ4n) is 2.37. The molecule has 26 heavy (non-hydrogen) atoms. The highest BCUT2D eigenvalue weighted by atomic mass is 16.5. The highest BCUT2D eigenvalue weighted by Gasteiger charge is 2.19. The molecule has 0 aromatic heterocycles. The van der Waals surface area contributed by atoms with Crippen LogP contribution < -0.4 is 15.0 Å². The van der Waals surface area contributed by atoms with Gasteiger partial charge in [-0.2, -0.15) is 0 Å². The number of rotatable bonds is 6. The van der Waals surface area contributed by atoms with Crippen molar-refractivity contribution >= 4 is 29.2 Å². The molecular weight excluding hydrogens is 336 g/mol. The lowest BCUT2D eigenvalue weighted by Gasteiger charge is -2.22. The van der Waals surface area contributed by atoms with Crippen LogP contribution in [0.4, 0.5) is 11.4 Å². The summed E-state index contributed by atoms with van der Waals surface area (Å²) in [6.07, 6.45) is 0. The second-order valence-corrected chi connectivity index (χ2v) is 5.39. The van der Waals surface area contributed by atoms with Crippen LogP contribution in [0.2, 0.25) is 0 Å². The van der Waals surface area contributed by atoms with Crippen molar-refractivity contribution in [1.82, 2.24) is 0 Å². The van der Waals surface area contributed by atoms with Gasteiger partial charge in [0.1, 0.15) is 12.3 Å². The molecule has 2 aromatic carbocycles. The molecule has 1 N–H and O–H groups in total. The van der Waals surface area contributed by atoms with Crippen LogP contribution in [-0.2, 0) is 14.3 Å². The zero-order chi connectivity index (χ0) is 19.1. The van der Waals surface area contributed by atoms with Crippen LogP contribution >= 0.6 is 0 Å². The van der Waals surface area contributed by atoms with Gasteiger partial charge in [-0.3, -0.25) is 14.5 Å². The number of hydrogen-bond acceptors (Lipinski definition) is 5. The van der Waals surface area contributed by atoms with Crippen LogP contribution in [0.15, 0.2) is 48.5 Å². The summed E-state index contributed by atoms with van der Waals surface area (Å²) in [5.41, 5.74) is 1.40. The summed E-state index contributed by atoms with van der Waals surface area (Å²) in [4.78, 5) is 37.1. The predicted octanol–water partition coefficient (Wildman–Crippen LogP) is 2.47. The van der Waals surface area contributed by atoms with Crippen LogP contribution in [0.1, 0.15) is 17.3 Å². The summed E-state index contributed by atoms with van der Waals surface area (Å²) in [6.45, 7) is 1.21. The molecule has 0 atom stereocenters. The first-order valence-electron chi connectivity index (χ1n) is 7.85. The van der Waals surface area contributed by atoms with Crippen molar-refractivity contribution in [3.8, 4) is 5.75 Å². The average Bonchev–Trinajstić information content (AvgIpc) is 2.65. The highest BCUT2D eigenvalue weighted by Crippen LogP contribution is 2.27. The molecule has 0 radical (unpaired) electrons. The number of amides is 2. The average molecular weight is 356 g/mol. The molecule has 136 valence electrons. The summed E-state index contributed by atoms with van der Waals surface area (Å²) in [5, 5.41) is 2.69. The molecule has 0 saturated heterocycles. The number of para-hydroxylation sites is 2. The van der Waals surface area contributed by atoms with E-state index in [0.29, 0.717) is 22.7 Å². The van der Waals surface area contributed by atoms with Crippen molar-refractivity contribution in [3.63, 3.8) is 0 Å². The van der Waals surface area contributed by atoms with Gasteiger partial charge in [0.15, 0.2) is 0 Å². The Hall–Kier alpha value is -3.35. The van der Waals surface area contributed by atoms with Gasteiger partial charge in [-0.25, -0.2) is 4.79 Å². The fourth-order valence-corrected chi connectivity index (χ4v) is 2.37. The van der Waals surface area contributed by atoms with E-state index in [9.17, 15) is 14.4 Å². The number of nitrogens with one attached hydrogen (secondary N) is 1. The number of benzene rings is 2. The number of carbonyl (C=O) groups excluding carboxylic acids is 3. The maximum Gasteiger partial charge on any atom is 0.337 e. The summed E-state index contributed by atoms with van der Waals surface area (Å²) in [5.74, 6) is -0.623. The van der Waals surface area contributed by atoms with E-state index in [4.69, 9.17) is 4.74 Å². The van der Waals surface area contributed by atoms with Gasteiger partial charge in [-0.05, 0) is 36.4 Å². The van der Waals surface area contributed by atoms with E-state index in [1.807, 2.05) is 0 Å². The lowest BCUT2D eigenvalue weighted by atomic mass is 10.2. The molecule has 2 rings (SSSR count). The minimum atomic E-state index is -0.457. The molecule has 0 bridgehead atoms. The van der Waals surface area contributed by atoms with E-state index < -0.39 is 5.97 Å². The number of esters is 1. The lowest BCUT2D eigenvalue weighted by Crippen LogP contribution is -2.36. The smallest absolute Gasteiger partial charge is 0.337 e. The largest absolute Gasteiger partial charge is 0.495 e. The van der Waals surface area contributed by atoms with E-state index in [1.165, 1.54) is 26.0 Å². The van der Waals surface area contributed by atoms with Gasteiger partial charge in [0.05, 0.1) is 25.5 Å². The van der Waals surface area contributed by atoms with Crippen molar-refractivity contribution in [1.29, 1.82) is 0 Å². The SMILES string of the molecule is COC(=O)c1ccc(NC(=O)CN(C(C)=O)c2ccccc2OC)cc1. The minimum absolute atomic E-state index is 0.172. The fraction of sp³-hybridized carbons (Fsp3) is 0.211. The van der Waals surface area contributed by atoms with Crippen LogP contribution in [-0.4, -0.2) is 38.5 Å². The van der Waals surface area contributed by atoms with Crippen molar-refractivity contribution in [3.05, 3.63) is 54.1 Å². The first-order valence-corrected chi connectivity index (χ1v) is 7.85. The van der Waals surface area contributed by atoms with Gasteiger partial charge in [-0.1, -0.05) is 12.1 Å². The van der Waals surface area contributed by atoms with Gasteiger partial charge in [0, 0.05) is 12.6 Å². The number of anilines is 2. The highest BCUT2D eigenvalue weighted by molar-refractivity contribution is 6.02. The number of methoxy groups -OCH3 is 2. The van der Waals surface area contributed by atoms with E-state index >= 15 is 0 Å². The molecular formula is C19H20N2O5. The monoisotopic (exact) mass is 356 g/mol. The first kappa shape index (κ1) is 19.0. The minimum Gasteiger partial charge on any atom is -0.495 e. The Kier molecular flexibility index (Phi) is 6.32. The van der Waals surface area contributed by atoms with Crippen LogP contribution in [0.5, 0.6) is 5.75 Å². The molecule has 2 aromatic rings. The molecule has 0 spiro atoms. The van der Waals surface area contributed by atoms with Crippen molar-refractivity contribution < 1.29 is 23.9 Å². The molecule has 0 heterocycles. The van der Waals surface area contributed by atoms with Gasteiger partial charge >= 0.3 is 5.97 Å². The third-order valence-corrected chi connectivity index (χ3v) is 3.65. The molecule has 7 heteroatoms. The third kappa shape index (κ3) is 4.60. The molecule has 7 nitrogen and oxygen atoms in total. The van der Waals surface area contributed by atoms with Gasteiger partial charge in [0.25, 0.3) is 0 Å². The number of carbonyl (C=O) groups is 3. The standard InChI is InChI=1S/C19H20N2O5/c1-13(22)21(16-6-4-5-7-17(16)25-2)12-18(23)20-15-10-8-14(9-11-15)19(24)26-3/h4-11H,12H2,1-3H3,(H,20,23). The zero-order valence-electron chi connectivity index (χ0n) is 14.8. The summed E-state index contributed by atoms with van der Waals surface area (Å²) < 4.78 is 9.88. The maximum atomic E-state index is 12.3. The molecule has 0 aliphatic heterocycles. The Morgan fingerprint density at radius 1 is 1.00 bits per heavy atom. The molecule has 2 amide bonds. The Labute approximate surface area is 151 Å². The molecule has 0 fully saturated rings. The van der Waals surface area contributed by atoms with E-state index in [1.54, 1.807) is 48.5 Å². The topological polar surface area (TPSA) is 84.9 Å². The Morgan fingerprint density at radius 3 is 2.23 bits per heavy atom. The summed E-state index contributed by atoms with van der Waals surface area (Å²) in [6, 6.07) is 13.2. The van der Waals surface area contributed by atoms with Crippen LogP contribution in [0, 0.1) is 0 Å². The maximum absolute atomic E-state index is 12.3. The van der Waals surface area contributed by atoms with Crippen LogP contribution in [0.3, 0.4) is 0 Å². The van der Waals surface area contributed by atoms with E-state index in [0.717, 1.165) is 0 Å². The van der Waals surface area contributed by atoms with Crippen molar-refractivity contribution in [2.75, 3.05) is 31.0 Å².